The van der Waals surface area contributed by atoms with Crippen molar-refractivity contribution >= 4 is 11.9 Å². The molecule has 0 amide bonds. The molecule has 1 heterocycles. The van der Waals surface area contributed by atoms with Crippen molar-refractivity contribution in [1.82, 2.24) is 0 Å². The third-order valence-corrected chi connectivity index (χ3v) is 2.28. The molecule has 0 fully saturated rings. The average Bonchev–Trinajstić information content (AvgIpc) is 2.90. The summed E-state index contributed by atoms with van der Waals surface area (Å²) in [6, 6.07) is 10.8. The lowest BCUT2D eigenvalue weighted by Crippen LogP contribution is -1.90. The Kier molecular flexibility index (Phi) is 3.40. The first-order chi connectivity index (χ1) is 8.29. The van der Waals surface area contributed by atoms with Crippen molar-refractivity contribution in [2.45, 2.75) is 0 Å². The number of furan rings is 1. The van der Waals surface area contributed by atoms with E-state index in [1.165, 1.54) is 12.3 Å². The van der Waals surface area contributed by atoms with Crippen LogP contribution in [0.25, 0.3) is 6.08 Å². The molecule has 0 bridgehead atoms. The van der Waals surface area contributed by atoms with E-state index in [0.717, 1.165) is 11.3 Å². The number of allylic oxidation sites excluding steroid dienone is 1. The summed E-state index contributed by atoms with van der Waals surface area (Å²) >= 11 is 0. The van der Waals surface area contributed by atoms with Gasteiger partial charge in [0.15, 0.2) is 5.76 Å². The van der Waals surface area contributed by atoms with Crippen LogP contribution in [-0.4, -0.2) is 12.9 Å². The van der Waals surface area contributed by atoms with Gasteiger partial charge in [0, 0.05) is 0 Å². The summed E-state index contributed by atoms with van der Waals surface area (Å²) in [4.78, 5) is 11.6. The van der Waals surface area contributed by atoms with Gasteiger partial charge in [-0.25, -0.2) is 0 Å². The summed E-state index contributed by atoms with van der Waals surface area (Å²) in [5, 5.41) is 0. The predicted molar refractivity (Wildman–Crippen MR) is 65.1 cm³/mol. The van der Waals surface area contributed by atoms with E-state index in [0.29, 0.717) is 5.76 Å². The second-order valence-corrected chi connectivity index (χ2v) is 3.45. The number of rotatable bonds is 4. The van der Waals surface area contributed by atoms with E-state index in [2.05, 4.69) is 0 Å². The molecule has 2 aromatic rings. The van der Waals surface area contributed by atoms with Crippen LogP contribution in [0.2, 0.25) is 0 Å². The van der Waals surface area contributed by atoms with Crippen molar-refractivity contribution in [3.05, 3.63) is 60.1 Å². The Bertz CT molecular complexity index is 524. The fraction of sp³-hybridized carbons (Fsp3) is 0.0714. The third kappa shape index (κ3) is 2.84. The quantitative estimate of drug-likeness (QED) is 0.596. The molecular weight excluding hydrogens is 216 g/mol. The highest BCUT2D eigenvalue weighted by atomic mass is 16.5. The normalized spacial score (nSPS) is 10.6. The van der Waals surface area contributed by atoms with Crippen LogP contribution in [0.5, 0.6) is 5.75 Å². The van der Waals surface area contributed by atoms with Gasteiger partial charge in [0.2, 0.25) is 5.78 Å². The van der Waals surface area contributed by atoms with E-state index in [1.807, 2.05) is 24.3 Å². The first-order valence-electron chi connectivity index (χ1n) is 5.19. The molecule has 0 radical (unpaired) electrons. The zero-order valence-corrected chi connectivity index (χ0v) is 9.42. The molecule has 1 aromatic carbocycles. The zero-order valence-electron chi connectivity index (χ0n) is 9.42. The van der Waals surface area contributed by atoms with Gasteiger partial charge in [-0.05, 0) is 35.9 Å². The molecular formula is C14H12O3. The van der Waals surface area contributed by atoms with Crippen LogP contribution in [0.3, 0.4) is 0 Å². The van der Waals surface area contributed by atoms with Crippen LogP contribution in [0.15, 0.2) is 53.2 Å². The highest BCUT2D eigenvalue weighted by Crippen LogP contribution is 2.14. The highest BCUT2D eigenvalue weighted by molar-refractivity contribution is 6.04. The molecule has 86 valence electrons. The van der Waals surface area contributed by atoms with Crippen molar-refractivity contribution in [2.24, 2.45) is 0 Å². The van der Waals surface area contributed by atoms with E-state index in [-0.39, 0.29) is 5.78 Å². The standard InChI is InChI=1S/C14H12O3/c1-16-12-5-2-4-11(10-12)7-8-13(15)14-6-3-9-17-14/h2-10H,1H3/b8-7+. The van der Waals surface area contributed by atoms with Crippen molar-refractivity contribution in [3.63, 3.8) is 0 Å². The van der Waals surface area contributed by atoms with Crippen molar-refractivity contribution < 1.29 is 13.9 Å². The maximum absolute atomic E-state index is 11.6. The summed E-state index contributed by atoms with van der Waals surface area (Å²) in [6.45, 7) is 0. The number of hydrogen-bond acceptors (Lipinski definition) is 3. The van der Waals surface area contributed by atoms with Gasteiger partial charge in [0.25, 0.3) is 0 Å². The molecule has 0 aliphatic carbocycles. The summed E-state index contributed by atoms with van der Waals surface area (Å²) < 4.78 is 10.1. The van der Waals surface area contributed by atoms with Crippen molar-refractivity contribution in [2.75, 3.05) is 7.11 Å². The zero-order chi connectivity index (χ0) is 12.1. The number of methoxy groups -OCH3 is 1. The number of carbonyl (C=O) groups excluding carboxylic acids is 1. The van der Waals surface area contributed by atoms with E-state index in [9.17, 15) is 4.79 Å². The molecule has 0 aliphatic rings. The number of ether oxygens (including phenoxy) is 1. The summed E-state index contributed by atoms with van der Waals surface area (Å²) in [5.74, 6) is 0.944. The monoisotopic (exact) mass is 228 g/mol. The minimum Gasteiger partial charge on any atom is -0.497 e. The molecule has 0 aliphatic heterocycles. The topological polar surface area (TPSA) is 39.4 Å². The van der Waals surface area contributed by atoms with Gasteiger partial charge in [-0.3, -0.25) is 4.79 Å². The van der Waals surface area contributed by atoms with Crippen LogP contribution in [0.1, 0.15) is 16.1 Å². The second kappa shape index (κ2) is 5.16. The first-order valence-corrected chi connectivity index (χ1v) is 5.19. The largest absolute Gasteiger partial charge is 0.497 e. The van der Waals surface area contributed by atoms with Crippen LogP contribution >= 0.6 is 0 Å². The third-order valence-electron chi connectivity index (χ3n) is 2.28. The molecule has 1 aromatic heterocycles. The average molecular weight is 228 g/mol. The summed E-state index contributed by atoms with van der Waals surface area (Å²) in [7, 11) is 1.61. The molecule has 0 saturated heterocycles. The first kappa shape index (κ1) is 11.2. The van der Waals surface area contributed by atoms with Gasteiger partial charge in [-0.2, -0.15) is 0 Å². The predicted octanol–water partition coefficient (Wildman–Crippen LogP) is 3.18. The number of carbonyl (C=O) groups is 1. The van der Waals surface area contributed by atoms with Crippen LogP contribution in [-0.2, 0) is 0 Å². The molecule has 0 saturated carbocycles. The van der Waals surface area contributed by atoms with E-state index in [1.54, 1.807) is 25.3 Å². The molecule has 0 unspecified atom stereocenters. The second-order valence-electron chi connectivity index (χ2n) is 3.45. The minimum atomic E-state index is -0.155. The Morgan fingerprint density at radius 1 is 1.29 bits per heavy atom. The molecule has 0 N–H and O–H groups in total. The van der Waals surface area contributed by atoms with Gasteiger partial charge in [0.1, 0.15) is 5.75 Å². The summed E-state index contributed by atoms with van der Waals surface area (Å²) in [6.07, 6.45) is 4.69. The molecule has 0 spiro atoms. The smallest absolute Gasteiger partial charge is 0.221 e. The fourth-order valence-electron chi connectivity index (χ4n) is 1.42. The van der Waals surface area contributed by atoms with Gasteiger partial charge >= 0.3 is 0 Å². The minimum absolute atomic E-state index is 0.155. The van der Waals surface area contributed by atoms with Gasteiger partial charge < -0.3 is 9.15 Å². The molecule has 17 heavy (non-hydrogen) atoms. The van der Waals surface area contributed by atoms with E-state index < -0.39 is 0 Å². The number of ketones is 1. The lowest BCUT2D eigenvalue weighted by Gasteiger charge is -1.99. The van der Waals surface area contributed by atoms with Gasteiger partial charge in [-0.1, -0.05) is 18.2 Å². The lowest BCUT2D eigenvalue weighted by molar-refractivity contribution is 0.102. The Labute approximate surface area is 99.3 Å². The van der Waals surface area contributed by atoms with E-state index >= 15 is 0 Å². The lowest BCUT2D eigenvalue weighted by atomic mass is 10.1. The van der Waals surface area contributed by atoms with Gasteiger partial charge in [-0.15, -0.1) is 0 Å². The highest BCUT2D eigenvalue weighted by Gasteiger charge is 2.03. The SMILES string of the molecule is COc1cccc(/C=C/C(=O)c2ccco2)c1. The molecule has 3 nitrogen and oxygen atoms in total. The van der Waals surface area contributed by atoms with Crippen LogP contribution in [0, 0.1) is 0 Å². The molecule has 3 heteroatoms. The van der Waals surface area contributed by atoms with E-state index in [4.69, 9.17) is 9.15 Å². The summed E-state index contributed by atoms with van der Waals surface area (Å²) in [5.41, 5.74) is 0.907. The van der Waals surface area contributed by atoms with Crippen LogP contribution in [0.4, 0.5) is 0 Å². The Morgan fingerprint density at radius 3 is 2.88 bits per heavy atom. The maximum atomic E-state index is 11.6. The molecule has 2 rings (SSSR count). The fourth-order valence-corrected chi connectivity index (χ4v) is 1.42. The molecule has 0 atom stereocenters. The maximum Gasteiger partial charge on any atom is 0.221 e. The van der Waals surface area contributed by atoms with Gasteiger partial charge in [0.05, 0.1) is 13.4 Å². The number of hydrogen-bond donors (Lipinski definition) is 0. The Hall–Kier alpha value is -2.29. The van der Waals surface area contributed by atoms with Crippen LogP contribution < -0.4 is 4.74 Å². The number of benzene rings is 1. The van der Waals surface area contributed by atoms with Crippen molar-refractivity contribution in [3.8, 4) is 5.75 Å². The van der Waals surface area contributed by atoms with Crippen molar-refractivity contribution in [1.29, 1.82) is 0 Å². The Morgan fingerprint density at radius 2 is 2.18 bits per heavy atom. The Balaban J connectivity index is 2.12.